The van der Waals surface area contributed by atoms with Gasteiger partial charge in [-0.2, -0.15) is 10.1 Å². The Kier molecular flexibility index (Phi) is 5.80. The van der Waals surface area contributed by atoms with Crippen LogP contribution in [0.4, 0.5) is 22.2 Å². The van der Waals surface area contributed by atoms with E-state index in [4.69, 9.17) is 4.74 Å². The Labute approximate surface area is 157 Å². The lowest BCUT2D eigenvalue weighted by Gasteiger charge is -2.33. The van der Waals surface area contributed by atoms with Crippen molar-refractivity contribution < 1.29 is 14.3 Å². The highest BCUT2D eigenvalue weighted by Crippen LogP contribution is 2.18. The van der Waals surface area contributed by atoms with Crippen LogP contribution >= 0.6 is 0 Å². The quantitative estimate of drug-likeness (QED) is 0.799. The van der Waals surface area contributed by atoms with Crippen molar-refractivity contribution in [1.82, 2.24) is 20.1 Å². The van der Waals surface area contributed by atoms with E-state index in [-0.39, 0.29) is 11.9 Å². The van der Waals surface area contributed by atoms with Crippen LogP contribution < -0.4 is 10.2 Å². The highest BCUT2D eigenvalue weighted by atomic mass is 16.6. The normalized spacial score (nSPS) is 14.0. The van der Waals surface area contributed by atoms with Crippen LogP contribution in [0.25, 0.3) is 0 Å². The average molecular weight is 370 g/mol. The van der Waals surface area contributed by atoms with E-state index in [0.29, 0.717) is 50.1 Å². The van der Waals surface area contributed by atoms with Crippen molar-refractivity contribution in [3.63, 3.8) is 0 Å². The van der Waals surface area contributed by atoms with Gasteiger partial charge in [-0.15, -0.1) is 5.10 Å². The summed E-state index contributed by atoms with van der Waals surface area (Å²) in [6, 6.07) is 7.15. The van der Waals surface area contributed by atoms with Gasteiger partial charge in [-0.1, -0.05) is 0 Å². The van der Waals surface area contributed by atoms with Crippen LogP contribution in [0.1, 0.15) is 24.2 Å². The largest absolute Gasteiger partial charge is 0.450 e. The van der Waals surface area contributed by atoms with Crippen molar-refractivity contribution in [2.45, 2.75) is 13.8 Å². The third-order valence-corrected chi connectivity index (χ3v) is 4.20. The first kappa shape index (κ1) is 18.6. The summed E-state index contributed by atoms with van der Waals surface area (Å²) >= 11 is 0. The lowest BCUT2D eigenvalue weighted by molar-refractivity contribution is 0.101. The van der Waals surface area contributed by atoms with Gasteiger partial charge in [0.2, 0.25) is 5.95 Å². The minimum Gasteiger partial charge on any atom is -0.450 e. The molecule has 2 aromatic rings. The molecule has 1 aliphatic heterocycles. The number of Topliss-reactive ketones (excluding diaryl/α,β-unsaturated/α-hetero) is 1. The number of carbonyl (C=O) groups is 2. The van der Waals surface area contributed by atoms with Gasteiger partial charge in [-0.05, 0) is 38.1 Å². The minimum atomic E-state index is -0.291. The Balaban J connectivity index is 1.62. The molecule has 1 amide bonds. The molecular formula is C18H22N6O3. The fraction of sp³-hybridized carbons (Fsp3) is 0.389. The van der Waals surface area contributed by atoms with E-state index in [1.54, 1.807) is 24.0 Å². The third kappa shape index (κ3) is 4.69. The van der Waals surface area contributed by atoms with Crippen LogP contribution in [0.2, 0.25) is 0 Å². The number of ether oxygens (including phenoxy) is 1. The standard InChI is InChI=1S/C18H22N6O3/c1-3-27-18(26)24-10-8-23(9-11-24)17-21-16(12-19-22-17)20-15-6-4-14(5-7-15)13(2)25/h4-7,12H,3,8-11H2,1-2H3,(H,20,21,22). The number of anilines is 3. The molecule has 0 unspecified atom stereocenters. The summed E-state index contributed by atoms with van der Waals surface area (Å²) in [4.78, 5) is 31.3. The summed E-state index contributed by atoms with van der Waals surface area (Å²) in [5.41, 5.74) is 1.46. The Morgan fingerprint density at radius 3 is 2.48 bits per heavy atom. The van der Waals surface area contributed by atoms with E-state index in [1.807, 2.05) is 17.0 Å². The molecule has 1 fully saturated rings. The first-order valence-corrected chi connectivity index (χ1v) is 8.81. The van der Waals surface area contributed by atoms with Gasteiger partial charge in [0.1, 0.15) is 0 Å². The molecule has 0 spiro atoms. The van der Waals surface area contributed by atoms with Crippen molar-refractivity contribution in [2.75, 3.05) is 43.0 Å². The third-order valence-electron chi connectivity index (χ3n) is 4.20. The fourth-order valence-electron chi connectivity index (χ4n) is 2.73. The Bertz CT molecular complexity index is 803. The van der Waals surface area contributed by atoms with Crippen molar-refractivity contribution >= 4 is 29.3 Å². The number of ketones is 1. The first-order valence-electron chi connectivity index (χ1n) is 8.81. The molecular weight excluding hydrogens is 348 g/mol. The molecule has 1 saturated heterocycles. The van der Waals surface area contributed by atoms with Crippen LogP contribution in [0, 0.1) is 0 Å². The monoisotopic (exact) mass is 370 g/mol. The molecule has 1 aromatic carbocycles. The van der Waals surface area contributed by atoms with E-state index >= 15 is 0 Å². The summed E-state index contributed by atoms with van der Waals surface area (Å²) < 4.78 is 5.02. The number of hydrogen-bond acceptors (Lipinski definition) is 8. The number of carbonyl (C=O) groups excluding carboxylic acids is 2. The summed E-state index contributed by atoms with van der Waals surface area (Å²) in [7, 11) is 0. The Morgan fingerprint density at radius 2 is 1.85 bits per heavy atom. The zero-order valence-electron chi connectivity index (χ0n) is 15.4. The summed E-state index contributed by atoms with van der Waals surface area (Å²) in [5.74, 6) is 1.08. The lowest BCUT2D eigenvalue weighted by atomic mass is 10.1. The number of piperazine rings is 1. The number of amides is 1. The van der Waals surface area contributed by atoms with Gasteiger partial charge in [0.15, 0.2) is 11.6 Å². The highest BCUT2D eigenvalue weighted by molar-refractivity contribution is 5.94. The topological polar surface area (TPSA) is 101 Å². The number of aromatic nitrogens is 3. The molecule has 3 rings (SSSR count). The molecule has 0 aliphatic carbocycles. The maximum atomic E-state index is 11.8. The zero-order valence-corrected chi connectivity index (χ0v) is 15.4. The average Bonchev–Trinajstić information content (AvgIpc) is 2.69. The molecule has 1 N–H and O–H groups in total. The van der Waals surface area contributed by atoms with E-state index in [2.05, 4.69) is 20.5 Å². The molecule has 0 saturated carbocycles. The van der Waals surface area contributed by atoms with Crippen LogP contribution in [-0.2, 0) is 4.74 Å². The lowest BCUT2D eigenvalue weighted by Crippen LogP contribution is -2.49. The number of benzene rings is 1. The van der Waals surface area contributed by atoms with Crippen LogP contribution in [0.15, 0.2) is 30.5 Å². The van der Waals surface area contributed by atoms with E-state index < -0.39 is 0 Å². The smallest absolute Gasteiger partial charge is 0.409 e. The summed E-state index contributed by atoms with van der Waals surface area (Å²) in [6.45, 7) is 6.00. The Morgan fingerprint density at radius 1 is 1.15 bits per heavy atom. The molecule has 142 valence electrons. The Hall–Kier alpha value is -3.23. The van der Waals surface area contributed by atoms with Crippen molar-refractivity contribution in [2.24, 2.45) is 0 Å². The van der Waals surface area contributed by atoms with E-state index in [1.165, 1.54) is 13.1 Å². The van der Waals surface area contributed by atoms with Gasteiger partial charge in [-0.3, -0.25) is 4.79 Å². The van der Waals surface area contributed by atoms with Gasteiger partial charge in [0.25, 0.3) is 0 Å². The predicted molar refractivity (Wildman–Crippen MR) is 100 cm³/mol. The molecule has 0 bridgehead atoms. The highest BCUT2D eigenvalue weighted by Gasteiger charge is 2.23. The maximum Gasteiger partial charge on any atom is 0.409 e. The van der Waals surface area contributed by atoms with Crippen molar-refractivity contribution in [3.05, 3.63) is 36.0 Å². The maximum absolute atomic E-state index is 11.8. The van der Waals surface area contributed by atoms with Crippen LogP contribution in [0.3, 0.4) is 0 Å². The van der Waals surface area contributed by atoms with E-state index in [9.17, 15) is 9.59 Å². The predicted octanol–water partition coefficient (Wildman–Crippen LogP) is 2.10. The van der Waals surface area contributed by atoms with Gasteiger partial charge in [0.05, 0.1) is 12.8 Å². The molecule has 9 heteroatoms. The molecule has 2 heterocycles. The summed E-state index contributed by atoms with van der Waals surface area (Å²) in [6.07, 6.45) is 1.25. The van der Waals surface area contributed by atoms with Crippen molar-refractivity contribution in [3.8, 4) is 0 Å². The van der Waals surface area contributed by atoms with Crippen molar-refractivity contribution in [1.29, 1.82) is 0 Å². The number of nitrogens with zero attached hydrogens (tertiary/aromatic N) is 5. The SMILES string of the molecule is CCOC(=O)N1CCN(c2nncc(Nc3ccc(C(C)=O)cc3)n2)CC1. The second-order valence-corrected chi connectivity index (χ2v) is 6.07. The van der Waals surface area contributed by atoms with Gasteiger partial charge < -0.3 is 19.9 Å². The summed E-state index contributed by atoms with van der Waals surface area (Å²) in [5, 5.41) is 11.3. The second-order valence-electron chi connectivity index (χ2n) is 6.07. The molecule has 9 nitrogen and oxygen atoms in total. The fourth-order valence-corrected chi connectivity index (χ4v) is 2.73. The van der Waals surface area contributed by atoms with Crippen LogP contribution in [0.5, 0.6) is 0 Å². The number of hydrogen-bond donors (Lipinski definition) is 1. The van der Waals surface area contributed by atoms with Gasteiger partial charge in [0, 0.05) is 37.4 Å². The second kappa shape index (κ2) is 8.43. The van der Waals surface area contributed by atoms with Gasteiger partial charge >= 0.3 is 6.09 Å². The minimum absolute atomic E-state index is 0.0227. The molecule has 1 aromatic heterocycles. The van der Waals surface area contributed by atoms with Crippen LogP contribution in [-0.4, -0.2) is 64.7 Å². The molecule has 1 aliphatic rings. The first-order chi connectivity index (χ1) is 13.1. The van der Waals surface area contributed by atoms with E-state index in [0.717, 1.165) is 5.69 Å². The number of rotatable bonds is 5. The van der Waals surface area contributed by atoms with Gasteiger partial charge in [-0.25, -0.2) is 4.79 Å². The number of nitrogens with one attached hydrogen (secondary N) is 1. The molecule has 27 heavy (non-hydrogen) atoms. The molecule has 0 radical (unpaired) electrons. The zero-order chi connectivity index (χ0) is 19.2. The molecule has 0 atom stereocenters.